The summed E-state index contributed by atoms with van der Waals surface area (Å²) in [7, 11) is 0. The molecule has 3 rings (SSSR count). The normalized spacial score (nSPS) is 21.1. The number of hydrogen-bond acceptors (Lipinski definition) is 8. The molecule has 1 fully saturated rings. The third-order valence-electron chi connectivity index (χ3n) is 5.00. The van der Waals surface area contributed by atoms with Gasteiger partial charge in [-0.15, -0.1) is 0 Å². The molecular weight excluding hydrogens is 476 g/mol. The van der Waals surface area contributed by atoms with Crippen LogP contribution in [0.25, 0.3) is 0 Å². The van der Waals surface area contributed by atoms with Crippen molar-refractivity contribution >= 4 is 35.4 Å². The van der Waals surface area contributed by atoms with Gasteiger partial charge in [0.25, 0.3) is 0 Å². The van der Waals surface area contributed by atoms with Gasteiger partial charge in [-0.25, -0.2) is 9.97 Å². The quantitative estimate of drug-likeness (QED) is 0.202. The second-order valence-electron chi connectivity index (χ2n) is 7.79. The smallest absolute Gasteiger partial charge is 0.243 e. The Kier molecular flexibility index (Phi) is 9.07. The fourth-order valence-electron chi connectivity index (χ4n) is 3.21. The first kappa shape index (κ1) is 25.9. The molecule has 1 aliphatic rings. The van der Waals surface area contributed by atoms with E-state index in [-0.39, 0.29) is 12.8 Å². The highest BCUT2D eigenvalue weighted by Crippen LogP contribution is 2.00. The lowest BCUT2D eigenvalue weighted by molar-refractivity contribution is -0.132. The summed E-state index contributed by atoms with van der Waals surface area (Å²) in [6.45, 7) is -1.85. The summed E-state index contributed by atoms with van der Waals surface area (Å²) in [5.41, 5.74) is 1.10. The molecule has 1 aliphatic heterocycles. The maximum atomic E-state index is 12.6. The number of nitrogens with one attached hydrogen (secondary N) is 8. The minimum absolute atomic E-state index is 0.0450. The maximum absolute atomic E-state index is 12.6. The first-order chi connectivity index (χ1) is 17.3. The number of carbonyl (C=O) groups is 6. The van der Waals surface area contributed by atoms with Crippen LogP contribution in [0.3, 0.4) is 0 Å². The summed E-state index contributed by atoms with van der Waals surface area (Å²) >= 11 is 0. The summed E-state index contributed by atoms with van der Waals surface area (Å²) in [6.07, 6.45) is 5.85. The van der Waals surface area contributed by atoms with E-state index in [0.717, 1.165) is 0 Å². The number of nitrogens with zero attached hydrogens (tertiary/aromatic N) is 2. The Morgan fingerprint density at radius 3 is 1.33 bits per heavy atom. The molecule has 0 aliphatic carbocycles. The van der Waals surface area contributed by atoms with Crippen molar-refractivity contribution in [2.75, 3.05) is 26.2 Å². The van der Waals surface area contributed by atoms with E-state index in [0.29, 0.717) is 11.4 Å². The van der Waals surface area contributed by atoms with Gasteiger partial charge in [0.05, 0.1) is 38.8 Å². The van der Waals surface area contributed by atoms with Gasteiger partial charge in [-0.05, 0) is 0 Å². The van der Waals surface area contributed by atoms with Gasteiger partial charge in [-0.3, -0.25) is 28.8 Å². The molecule has 16 nitrogen and oxygen atoms in total. The SMILES string of the molecule is O=C1CNC(=O)[C@H](Cc2cnc[nH]2)NC(=O)CNC(=O)CNC(=O)[C@H](Cc2cnc[nH]2)NC(=O)CN1. The lowest BCUT2D eigenvalue weighted by Crippen LogP contribution is -2.54. The number of hydrogen-bond donors (Lipinski definition) is 8. The van der Waals surface area contributed by atoms with Crippen molar-refractivity contribution in [3.8, 4) is 0 Å². The number of H-pyrrole nitrogens is 2. The zero-order valence-corrected chi connectivity index (χ0v) is 19.1. The van der Waals surface area contributed by atoms with Crippen LogP contribution in [-0.4, -0.2) is 93.6 Å². The lowest BCUT2D eigenvalue weighted by Gasteiger charge is -2.20. The zero-order chi connectivity index (χ0) is 25.9. The van der Waals surface area contributed by atoms with E-state index in [1.54, 1.807) is 0 Å². The molecule has 16 heteroatoms. The van der Waals surface area contributed by atoms with Crippen molar-refractivity contribution in [1.29, 1.82) is 0 Å². The van der Waals surface area contributed by atoms with Crippen LogP contribution in [0.2, 0.25) is 0 Å². The minimum Gasteiger partial charge on any atom is -0.348 e. The number of imidazole rings is 2. The van der Waals surface area contributed by atoms with Crippen molar-refractivity contribution in [1.82, 2.24) is 51.8 Å². The van der Waals surface area contributed by atoms with Crippen molar-refractivity contribution in [2.24, 2.45) is 0 Å². The molecule has 3 heterocycles. The number of rotatable bonds is 4. The summed E-state index contributed by atoms with van der Waals surface area (Å²) < 4.78 is 0. The van der Waals surface area contributed by atoms with Gasteiger partial charge < -0.3 is 41.9 Å². The van der Waals surface area contributed by atoms with Gasteiger partial charge in [0.15, 0.2) is 0 Å². The molecule has 6 amide bonds. The molecule has 0 radical (unpaired) electrons. The number of aromatic amines is 2. The van der Waals surface area contributed by atoms with Crippen LogP contribution in [-0.2, 0) is 41.6 Å². The van der Waals surface area contributed by atoms with Gasteiger partial charge in [0, 0.05) is 36.6 Å². The predicted octanol–water partition coefficient (Wildman–Crippen LogP) is -4.63. The van der Waals surface area contributed by atoms with Crippen molar-refractivity contribution in [3.63, 3.8) is 0 Å². The van der Waals surface area contributed by atoms with E-state index in [2.05, 4.69) is 51.8 Å². The van der Waals surface area contributed by atoms with Gasteiger partial charge in [-0.2, -0.15) is 0 Å². The third-order valence-corrected chi connectivity index (χ3v) is 5.00. The molecular formula is C20H26N10O6. The Morgan fingerprint density at radius 1 is 0.583 bits per heavy atom. The monoisotopic (exact) mass is 502 g/mol. The molecule has 2 aromatic rings. The van der Waals surface area contributed by atoms with Gasteiger partial charge in [0.1, 0.15) is 12.1 Å². The molecule has 1 saturated heterocycles. The van der Waals surface area contributed by atoms with E-state index in [4.69, 9.17) is 0 Å². The molecule has 36 heavy (non-hydrogen) atoms. The van der Waals surface area contributed by atoms with Crippen LogP contribution >= 0.6 is 0 Å². The predicted molar refractivity (Wildman–Crippen MR) is 120 cm³/mol. The van der Waals surface area contributed by atoms with E-state index in [9.17, 15) is 28.8 Å². The molecule has 8 N–H and O–H groups in total. The fourth-order valence-corrected chi connectivity index (χ4v) is 3.21. The average Bonchev–Trinajstić information content (AvgIpc) is 3.56. The summed E-state index contributed by atoms with van der Waals surface area (Å²) in [5, 5.41) is 14.4. The van der Waals surface area contributed by atoms with E-state index in [1.165, 1.54) is 25.0 Å². The highest BCUT2D eigenvalue weighted by atomic mass is 16.2. The summed E-state index contributed by atoms with van der Waals surface area (Å²) in [6, 6.07) is -2.15. The highest BCUT2D eigenvalue weighted by molar-refractivity contribution is 5.95. The second-order valence-corrected chi connectivity index (χ2v) is 7.79. The Balaban J connectivity index is 1.68. The molecule has 0 unspecified atom stereocenters. The van der Waals surface area contributed by atoms with Crippen LogP contribution < -0.4 is 31.9 Å². The molecule has 0 spiro atoms. The Labute approximate surface area is 204 Å². The average molecular weight is 502 g/mol. The van der Waals surface area contributed by atoms with Gasteiger partial charge >= 0.3 is 0 Å². The van der Waals surface area contributed by atoms with Crippen LogP contribution in [0.4, 0.5) is 0 Å². The zero-order valence-electron chi connectivity index (χ0n) is 19.1. The van der Waals surface area contributed by atoms with Crippen LogP contribution in [0.15, 0.2) is 25.0 Å². The van der Waals surface area contributed by atoms with Crippen LogP contribution in [0, 0.1) is 0 Å². The standard InChI is InChI=1S/C20H26N10O6/c31-15-5-25-19(35)13(1-11-3-21-9-27-11)29-17(33)7-23-16(32)6-26-20(36)14(30-18(34)8-24-15)2-12-4-22-10-28-12/h3-4,9-10,13-14H,1-2,5-8H2,(H,21,27)(H,22,28)(H,23,32)(H,24,31)(H,25,35)(H,26,36)(H,29,33)(H,30,34)/t13-,14-/m0/s1. The topological polar surface area (TPSA) is 232 Å². The maximum Gasteiger partial charge on any atom is 0.243 e. The summed E-state index contributed by atoms with van der Waals surface area (Å²) in [4.78, 5) is 87.6. The number of carbonyl (C=O) groups excluding carboxylic acids is 6. The molecule has 0 aromatic carbocycles. The van der Waals surface area contributed by atoms with Crippen molar-refractivity contribution in [3.05, 3.63) is 36.4 Å². The third kappa shape index (κ3) is 8.23. The molecule has 0 bridgehead atoms. The molecule has 2 atom stereocenters. The minimum atomic E-state index is -1.08. The van der Waals surface area contributed by atoms with E-state index < -0.39 is 73.7 Å². The van der Waals surface area contributed by atoms with Crippen molar-refractivity contribution in [2.45, 2.75) is 24.9 Å². The van der Waals surface area contributed by atoms with Crippen LogP contribution in [0.5, 0.6) is 0 Å². The van der Waals surface area contributed by atoms with E-state index >= 15 is 0 Å². The second kappa shape index (κ2) is 12.6. The molecule has 0 saturated carbocycles. The number of amides is 6. The fraction of sp³-hybridized carbons (Fsp3) is 0.400. The van der Waals surface area contributed by atoms with Gasteiger partial charge in [-0.1, -0.05) is 0 Å². The van der Waals surface area contributed by atoms with Gasteiger partial charge in [0.2, 0.25) is 35.4 Å². The first-order valence-electron chi connectivity index (χ1n) is 10.9. The molecule has 192 valence electrons. The first-order valence-corrected chi connectivity index (χ1v) is 10.9. The Hall–Kier alpha value is -4.76. The van der Waals surface area contributed by atoms with Crippen molar-refractivity contribution < 1.29 is 28.8 Å². The molecule has 2 aromatic heterocycles. The largest absolute Gasteiger partial charge is 0.348 e. The van der Waals surface area contributed by atoms with E-state index in [1.807, 2.05) is 0 Å². The highest BCUT2D eigenvalue weighted by Gasteiger charge is 2.25. The Morgan fingerprint density at radius 2 is 0.972 bits per heavy atom. The Bertz CT molecular complexity index is 998. The summed E-state index contributed by atoms with van der Waals surface area (Å²) in [5.74, 6) is -3.96. The van der Waals surface area contributed by atoms with Crippen LogP contribution in [0.1, 0.15) is 11.4 Å². The number of aromatic nitrogens is 4. The lowest BCUT2D eigenvalue weighted by atomic mass is 10.1.